The van der Waals surface area contributed by atoms with Gasteiger partial charge in [-0.3, -0.25) is 10.3 Å². The van der Waals surface area contributed by atoms with Crippen molar-refractivity contribution in [2.45, 2.75) is 25.8 Å². The molecule has 1 aromatic carbocycles. The number of hydrogen-bond donors (Lipinski definition) is 2. The van der Waals surface area contributed by atoms with Crippen molar-refractivity contribution >= 4 is 5.84 Å². The van der Waals surface area contributed by atoms with Crippen LogP contribution in [0.5, 0.6) is 5.75 Å². The average Bonchev–Trinajstić information content (AvgIpc) is 2.40. The third-order valence-electron chi connectivity index (χ3n) is 3.41. The van der Waals surface area contributed by atoms with Crippen LogP contribution in [0.1, 0.15) is 30.4 Å². The quantitative estimate of drug-likeness (QED) is 0.631. The summed E-state index contributed by atoms with van der Waals surface area (Å²) in [6.07, 6.45) is 3.92. The molecule has 0 saturated carbocycles. The van der Waals surface area contributed by atoms with Gasteiger partial charge in [0.1, 0.15) is 11.6 Å². The monoisotopic (exact) mass is 247 g/mol. The Hall–Kier alpha value is -1.55. The molecule has 0 amide bonds. The Bertz CT molecular complexity index is 425. The van der Waals surface area contributed by atoms with Crippen LogP contribution in [0.2, 0.25) is 0 Å². The van der Waals surface area contributed by atoms with Crippen LogP contribution in [0, 0.1) is 5.41 Å². The summed E-state index contributed by atoms with van der Waals surface area (Å²) in [5.74, 6) is 0.734. The van der Waals surface area contributed by atoms with Gasteiger partial charge in [0.2, 0.25) is 0 Å². The Labute approximate surface area is 108 Å². The van der Waals surface area contributed by atoms with Crippen molar-refractivity contribution in [1.82, 2.24) is 4.90 Å². The van der Waals surface area contributed by atoms with Crippen LogP contribution < -0.4 is 10.5 Å². The number of hydrogen-bond acceptors (Lipinski definition) is 3. The van der Waals surface area contributed by atoms with Gasteiger partial charge in [-0.25, -0.2) is 0 Å². The van der Waals surface area contributed by atoms with Gasteiger partial charge in [-0.1, -0.05) is 12.5 Å². The van der Waals surface area contributed by atoms with E-state index in [2.05, 4.69) is 11.0 Å². The van der Waals surface area contributed by atoms with E-state index >= 15 is 0 Å². The Morgan fingerprint density at radius 2 is 2.06 bits per heavy atom. The first-order chi connectivity index (χ1) is 8.70. The minimum atomic E-state index is 0.0624. The zero-order valence-electron chi connectivity index (χ0n) is 10.9. The highest BCUT2D eigenvalue weighted by Crippen LogP contribution is 2.21. The highest BCUT2D eigenvalue weighted by Gasteiger charge is 2.12. The van der Waals surface area contributed by atoms with Gasteiger partial charge in [-0.2, -0.15) is 0 Å². The summed E-state index contributed by atoms with van der Waals surface area (Å²) in [4.78, 5) is 2.45. The third-order valence-corrected chi connectivity index (χ3v) is 3.41. The van der Waals surface area contributed by atoms with Gasteiger partial charge in [0, 0.05) is 6.54 Å². The number of nitrogens with one attached hydrogen (secondary N) is 1. The van der Waals surface area contributed by atoms with Crippen LogP contribution in [0.15, 0.2) is 18.2 Å². The molecule has 1 heterocycles. The number of methoxy groups -OCH3 is 1. The molecule has 4 nitrogen and oxygen atoms in total. The van der Waals surface area contributed by atoms with E-state index in [-0.39, 0.29) is 5.84 Å². The number of nitrogens with two attached hydrogens (primary N) is 1. The van der Waals surface area contributed by atoms with Gasteiger partial charge >= 0.3 is 0 Å². The van der Waals surface area contributed by atoms with Crippen molar-refractivity contribution in [3.8, 4) is 5.75 Å². The van der Waals surface area contributed by atoms with Crippen LogP contribution in [0.25, 0.3) is 0 Å². The van der Waals surface area contributed by atoms with Crippen molar-refractivity contribution in [3.63, 3.8) is 0 Å². The molecule has 0 radical (unpaired) electrons. The van der Waals surface area contributed by atoms with E-state index in [1.165, 1.54) is 37.9 Å². The number of ether oxygens (including phenoxy) is 1. The van der Waals surface area contributed by atoms with Crippen molar-refractivity contribution in [2.24, 2.45) is 5.73 Å². The Morgan fingerprint density at radius 1 is 1.33 bits per heavy atom. The number of rotatable bonds is 4. The van der Waals surface area contributed by atoms with Gasteiger partial charge in [-0.15, -0.1) is 0 Å². The van der Waals surface area contributed by atoms with E-state index in [4.69, 9.17) is 15.9 Å². The molecule has 0 atom stereocenters. The van der Waals surface area contributed by atoms with E-state index in [0.29, 0.717) is 11.3 Å². The zero-order valence-corrected chi connectivity index (χ0v) is 10.9. The summed E-state index contributed by atoms with van der Waals surface area (Å²) >= 11 is 0. The fourth-order valence-electron chi connectivity index (χ4n) is 2.44. The number of likely N-dealkylation sites (tertiary alicyclic amines) is 1. The topological polar surface area (TPSA) is 62.3 Å². The van der Waals surface area contributed by atoms with Crippen LogP contribution in [-0.2, 0) is 6.54 Å². The fourth-order valence-corrected chi connectivity index (χ4v) is 2.44. The SMILES string of the molecule is COc1ccc(CN2CCCCC2)cc1C(=N)N. The molecule has 3 N–H and O–H groups in total. The summed E-state index contributed by atoms with van der Waals surface area (Å²) in [7, 11) is 1.60. The molecule has 1 aliphatic rings. The first-order valence-electron chi connectivity index (χ1n) is 6.44. The molecule has 1 fully saturated rings. The smallest absolute Gasteiger partial charge is 0.129 e. The standard InChI is InChI=1S/C14H21N3O/c1-18-13-6-5-11(9-12(13)14(15)16)10-17-7-3-2-4-8-17/h5-6,9H,2-4,7-8,10H2,1H3,(H3,15,16). The second-order valence-electron chi connectivity index (χ2n) is 4.79. The maximum Gasteiger partial charge on any atom is 0.129 e. The summed E-state index contributed by atoms with van der Waals surface area (Å²) < 4.78 is 5.22. The lowest BCUT2D eigenvalue weighted by Crippen LogP contribution is -2.29. The molecule has 0 unspecified atom stereocenters. The van der Waals surface area contributed by atoms with Crippen molar-refractivity contribution in [3.05, 3.63) is 29.3 Å². The number of benzene rings is 1. The van der Waals surface area contributed by atoms with Crippen LogP contribution in [0.4, 0.5) is 0 Å². The second kappa shape index (κ2) is 5.87. The van der Waals surface area contributed by atoms with E-state index < -0.39 is 0 Å². The normalized spacial score (nSPS) is 16.5. The maximum atomic E-state index is 7.58. The summed E-state index contributed by atoms with van der Waals surface area (Å²) in [6, 6.07) is 5.92. The molecule has 4 heteroatoms. The van der Waals surface area contributed by atoms with Crippen LogP contribution in [-0.4, -0.2) is 30.9 Å². The predicted octanol–water partition coefficient (Wildman–Crippen LogP) is 1.97. The van der Waals surface area contributed by atoms with E-state index in [0.717, 1.165) is 6.54 Å². The Balaban J connectivity index is 2.13. The summed E-state index contributed by atoms with van der Waals surface area (Å²) in [5, 5.41) is 7.58. The molecule has 98 valence electrons. The van der Waals surface area contributed by atoms with E-state index in [9.17, 15) is 0 Å². The Morgan fingerprint density at radius 3 is 2.67 bits per heavy atom. The molecule has 1 aliphatic heterocycles. The third kappa shape index (κ3) is 3.01. The number of nitrogen functional groups attached to an aromatic ring is 1. The second-order valence-corrected chi connectivity index (χ2v) is 4.79. The largest absolute Gasteiger partial charge is 0.496 e. The van der Waals surface area contributed by atoms with Gasteiger partial charge in [0.25, 0.3) is 0 Å². The van der Waals surface area contributed by atoms with E-state index in [1.54, 1.807) is 7.11 Å². The van der Waals surface area contributed by atoms with E-state index in [1.807, 2.05) is 12.1 Å². The maximum absolute atomic E-state index is 7.58. The molecule has 18 heavy (non-hydrogen) atoms. The number of piperidine rings is 1. The molecule has 0 spiro atoms. The highest BCUT2D eigenvalue weighted by molar-refractivity contribution is 5.97. The molecule has 1 aromatic rings. The van der Waals surface area contributed by atoms with Crippen molar-refractivity contribution < 1.29 is 4.74 Å². The molecule has 0 aromatic heterocycles. The first kappa shape index (κ1) is 12.9. The van der Waals surface area contributed by atoms with Gasteiger partial charge < -0.3 is 10.5 Å². The first-order valence-corrected chi connectivity index (χ1v) is 6.44. The lowest BCUT2D eigenvalue weighted by atomic mass is 10.1. The minimum Gasteiger partial charge on any atom is -0.496 e. The zero-order chi connectivity index (χ0) is 13.0. The number of amidine groups is 1. The number of nitrogens with zero attached hydrogens (tertiary/aromatic N) is 1. The predicted molar refractivity (Wildman–Crippen MR) is 73.1 cm³/mol. The highest BCUT2D eigenvalue weighted by atomic mass is 16.5. The van der Waals surface area contributed by atoms with Gasteiger partial charge in [0.05, 0.1) is 12.7 Å². The molecule has 2 rings (SSSR count). The Kier molecular flexibility index (Phi) is 4.20. The lowest BCUT2D eigenvalue weighted by Gasteiger charge is -2.26. The van der Waals surface area contributed by atoms with Gasteiger partial charge in [-0.05, 0) is 43.6 Å². The van der Waals surface area contributed by atoms with Crippen molar-refractivity contribution in [1.29, 1.82) is 5.41 Å². The summed E-state index contributed by atoms with van der Waals surface area (Å²) in [5.41, 5.74) is 7.47. The lowest BCUT2D eigenvalue weighted by molar-refractivity contribution is 0.221. The van der Waals surface area contributed by atoms with Crippen LogP contribution >= 0.6 is 0 Å². The molecule has 1 saturated heterocycles. The molecule has 0 aliphatic carbocycles. The van der Waals surface area contributed by atoms with Gasteiger partial charge in [0.15, 0.2) is 0 Å². The summed E-state index contributed by atoms with van der Waals surface area (Å²) in [6.45, 7) is 3.27. The minimum absolute atomic E-state index is 0.0624. The molecule has 0 bridgehead atoms. The molecular weight excluding hydrogens is 226 g/mol. The fraction of sp³-hybridized carbons (Fsp3) is 0.500. The average molecular weight is 247 g/mol. The van der Waals surface area contributed by atoms with Crippen LogP contribution in [0.3, 0.4) is 0 Å². The van der Waals surface area contributed by atoms with Crippen molar-refractivity contribution in [2.75, 3.05) is 20.2 Å². The molecular formula is C14H21N3O.